The summed E-state index contributed by atoms with van der Waals surface area (Å²) in [6.07, 6.45) is 2.28. The van der Waals surface area contributed by atoms with Gasteiger partial charge in [0.15, 0.2) is 0 Å². The van der Waals surface area contributed by atoms with E-state index in [0.29, 0.717) is 16.8 Å². The van der Waals surface area contributed by atoms with Crippen LogP contribution < -0.4 is 16.0 Å². The second-order valence-corrected chi connectivity index (χ2v) is 8.97. The Morgan fingerprint density at radius 1 is 1.10 bits per heavy atom. The summed E-state index contributed by atoms with van der Waals surface area (Å²) < 4.78 is 8.98. The summed E-state index contributed by atoms with van der Waals surface area (Å²) in [6, 6.07) is 15.3. The molecule has 0 unspecified atom stereocenters. The zero-order chi connectivity index (χ0) is 22.0. The monoisotopic (exact) mass is 494 g/mol. The van der Waals surface area contributed by atoms with E-state index in [0.717, 1.165) is 26.2 Å². The second-order valence-electron chi connectivity index (χ2n) is 7.03. The van der Waals surface area contributed by atoms with Crippen molar-refractivity contribution in [1.29, 1.82) is 0 Å². The molecular formula is C24H19BrN2O3S. The van der Waals surface area contributed by atoms with E-state index in [4.69, 9.17) is 4.74 Å². The molecule has 4 aromatic rings. The molecule has 7 heteroatoms. The SMILES string of the molecule is COc1cccc(CC#Cc2cn3c(=O)n(Cc4ccc(Br)cc4)c(=O)c(C)c3s2)c1. The molecule has 156 valence electrons. The van der Waals surface area contributed by atoms with Gasteiger partial charge in [0.1, 0.15) is 10.6 Å². The van der Waals surface area contributed by atoms with Crippen LogP contribution >= 0.6 is 27.3 Å². The number of rotatable bonds is 4. The van der Waals surface area contributed by atoms with Gasteiger partial charge < -0.3 is 4.74 Å². The third-order valence-corrected chi connectivity index (χ3v) is 6.54. The standard InChI is InChI=1S/C24H19BrN2O3S/c1-16-22(28)26(14-18-9-11-19(25)12-10-18)24(29)27-15-21(31-23(16)27)8-4-6-17-5-3-7-20(13-17)30-2/h3,5,7,9-13,15H,6,14H2,1-2H3. The van der Waals surface area contributed by atoms with Crippen LogP contribution in [-0.4, -0.2) is 16.1 Å². The van der Waals surface area contributed by atoms with Crippen molar-refractivity contribution < 1.29 is 4.74 Å². The molecule has 2 aromatic carbocycles. The van der Waals surface area contributed by atoms with Crippen LogP contribution in [0.4, 0.5) is 0 Å². The predicted molar refractivity (Wildman–Crippen MR) is 127 cm³/mol. The number of thiazole rings is 1. The van der Waals surface area contributed by atoms with Gasteiger partial charge in [-0.2, -0.15) is 0 Å². The molecule has 0 fully saturated rings. The Balaban J connectivity index is 1.67. The van der Waals surface area contributed by atoms with Crippen molar-refractivity contribution in [2.45, 2.75) is 19.9 Å². The summed E-state index contributed by atoms with van der Waals surface area (Å²) in [7, 11) is 1.63. The quantitative estimate of drug-likeness (QED) is 0.398. The van der Waals surface area contributed by atoms with Crippen molar-refractivity contribution in [3.63, 3.8) is 0 Å². The molecule has 2 heterocycles. The van der Waals surface area contributed by atoms with Crippen LogP contribution in [0.15, 0.2) is 68.8 Å². The lowest BCUT2D eigenvalue weighted by Crippen LogP contribution is -2.38. The van der Waals surface area contributed by atoms with Crippen LogP contribution in [0.3, 0.4) is 0 Å². The smallest absolute Gasteiger partial charge is 0.336 e. The predicted octanol–water partition coefficient (Wildman–Crippen LogP) is 4.24. The topological polar surface area (TPSA) is 52.7 Å². The van der Waals surface area contributed by atoms with E-state index < -0.39 is 0 Å². The number of methoxy groups -OCH3 is 1. The highest BCUT2D eigenvalue weighted by atomic mass is 79.9. The van der Waals surface area contributed by atoms with E-state index in [-0.39, 0.29) is 17.8 Å². The van der Waals surface area contributed by atoms with Crippen LogP contribution in [-0.2, 0) is 13.0 Å². The lowest BCUT2D eigenvalue weighted by Gasteiger charge is -2.07. The van der Waals surface area contributed by atoms with Crippen LogP contribution in [0.25, 0.3) is 4.83 Å². The van der Waals surface area contributed by atoms with Gasteiger partial charge in [-0.15, -0.1) is 11.3 Å². The van der Waals surface area contributed by atoms with E-state index in [1.54, 1.807) is 20.2 Å². The summed E-state index contributed by atoms with van der Waals surface area (Å²) in [5.41, 5.74) is 1.85. The molecule has 31 heavy (non-hydrogen) atoms. The number of hydrogen-bond acceptors (Lipinski definition) is 4. The molecular weight excluding hydrogens is 476 g/mol. The van der Waals surface area contributed by atoms with Crippen LogP contribution in [0.2, 0.25) is 0 Å². The van der Waals surface area contributed by atoms with Crippen LogP contribution in [0, 0.1) is 18.8 Å². The van der Waals surface area contributed by atoms with Gasteiger partial charge in [-0.25, -0.2) is 4.79 Å². The van der Waals surface area contributed by atoms with E-state index in [1.165, 1.54) is 20.3 Å². The Morgan fingerprint density at radius 2 is 1.87 bits per heavy atom. The summed E-state index contributed by atoms with van der Waals surface area (Å²) in [5.74, 6) is 7.06. The maximum atomic E-state index is 13.0. The van der Waals surface area contributed by atoms with E-state index >= 15 is 0 Å². The average molecular weight is 495 g/mol. The van der Waals surface area contributed by atoms with Crippen LogP contribution in [0.1, 0.15) is 21.6 Å². The Kier molecular flexibility index (Phi) is 6.12. The number of ether oxygens (including phenoxy) is 1. The first-order chi connectivity index (χ1) is 15.0. The fraction of sp³-hybridized carbons (Fsp3) is 0.167. The first-order valence-corrected chi connectivity index (χ1v) is 11.2. The minimum Gasteiger partial charge on any atom is -0.497 e. The minimum atomic E-state index is -0.356. The number of nitrogens with zero attached hydrogens (tertiary/aromatic N) is 2. The van der Waals surface area contributed by atoms with Gasteiger partial charge >= 0.3 is 5.69 Å². The third kappa shape index (κ3) is 4.50. The molecule has 5 nitrogen and oxygen atoms in total. The zero-order valence-electron chi connectivity index (χ0n) is 17.0. The second kappa shape index (κ2) is 8.96. The lowest BCUT2D eigenvalue weighted by molar-refractivity contribution is 0.414. The Labute approximate surface area is 191 Å². The molecule has 0 spiro atoms. The molecule has 0 saturated heterocycles. The minimum absolute atomic E-state index is 0.224. The fourth-order valence-electron chi connectivity index (χ4n) is 3.25. The Morgan fingerprint density at radius 3 is 2.61 bits per heavy atom. The van der Waals surface area contributed by atoms with Crippen molar-refractivity contribution >= 4 is 32.1 Å². The average Bonchev–Trinajstić information content (AvgIpc) is 3.21. The zero-order valence-corrected chi connectivity index (χ0v) is 19.4. The van der Waals surface area contributed by atoms with Crippen molar-refractivity contribution in [3.05, 3.63) is 102 Å². The van der Waals surface area contributed by atoms with Gasteiger partial charge in [-0.1, -0.05) is 52.0 Å². The molecule has 0 radical (unpaired) electrons. The van der Waals surface area contributed by atoms with Gasteiger partial charge in [-0.05, 0) is 42.3 Å². The van der Waals surface area contributed by atoms with E-state index in [9.17, 15) is 9.59 Å². The highest BCUT2D eigenvalue weighted by Crippen LogP contribution is 2.18. The number of benzene rings is 2. The number of halogens is 1. The summed E-state index contributed by atoms with van der Waals surface area (Å²) in [5, 5.41) is 0. The summed E-state index contributed by atoms with van der Waals surface area (Å²) in [6.45, 7) is 1.97. The van der Waals surface area contributed by atoms with Crippen molar-refractivity contribution in [1.82, 2.24) is 8.97 Å². The van der Waals surface area contributed by atoms with Gasteiger partial charge in [0.2, 0.25) is 0 Å². The molecule has 0 saturated carbocycles. The van der Waals surface area contributed by atoms with E-state index in [1.807, 2.05) is 48.5 Å². The molecule has 0 aliphatic heterocycles. The van der Waals surface area contributed by atoms with Crippen molar-refractivity contribution in [3.8, 4) is 17.6 Å². The molecule has 2 aromatic heterocycles. The van der Waals surface area contributed by atoms with Gasteiger partial charge in [0.25, 0.3) is 5.56 Å². The first-order valence-electron chi connectivity index (χ1n) is 9.58. The third-order valence-electron chi connectivity index (χ3n) is 4.89. The van der Waals surface area contributed by atoms with Gasteiger partial charge in [-0.3, -0.25) is 13.8 Å². The summed E-state index contributed by atoms with van der Waals surface area (Å²) >= 11 is 4.75. The Hall–Kier alpha value is -3.08. The van der Waals surface area contributed by atoms with Gasteiger partial charge in [0, 0.05) is 22.7 Å². The number of aromatic nitrogens is 2. The number of hydrogen-bond donors (Lipinski definition) is 0. The molecule has 4 rings (SSSR count). The summed E-state index contributed by atoms with van der Waals surface area (Å²) in [4.78, 5) is 27.2. The van der Waals surface area contributed by atoms with Gasteiger partial charge in [0.05, 0.1) is 18.5 Å². The first kappa shape index (κ1) is 21.2. The molecule has 0 aliphatic rings. The number of fused-ring (bicyclic) bond motifs is 1. The number of aryl methyl sites for hydroxylation is 1. The molecule has 0 N–H and O–H groups in total. The fourth-order valence-corrected chi connectivity index (χ4v) is 4.47. The van der Waals surface area contributed by atoms with Crippen LogP contribution in [0.5, 0.6) is 5.75 Å². The highest BCUT2D eigenvalue weighted by Gasteiger charge is 2.14. The van der Waals surface area contributed by atoms with E-state index in [2.05, 4.69) is 27.8 Å². The largest absolute Gasteiger partial charge is 0.497 e. The van der Waals surface area contributed by atoms with Crippen molar-refractivity contribution in [2.75, 3.05) is 7.11 Å². The molecule has 0 bridgehead atoms. The normalized spacial score (nSPS) is 10.7. The molecule has 0 aliphatic carbocycles. The Bertz CT molecular complexity index is 1440. The molecule has 0 amide bonds. The van der Waals surface area contributed by atoms with Crippen molar-refractivity contribution in [2.24, 2.45) is 0 Å². The maximum Gasteiger partial charge on any atom is 0.336 e. The maximum absolute atomic E-state index is 13.0. The highest BCUT2D eigenvalue weighted by molar-refractivity contribution is 9.10. The molecule has 0 atom stereocenters. The lowest BCUT2D eigenvalue weighted by atomic mass is 10.1.